The van der Waals surface area contributed by atoms with Crippen molar-refractivity contribution in [1.29, 1.82) is 0 Å². The number of benzene rings is 1. The van der Waals surface area contributed by atoms with Crippen molar-refractivity contribution in [2.75, 3.05) is 13.1 Å². The van der Waals surface area contributed by atoms with Gasteiger partial charge in [-0.2, -0.15) is 0 Å². The summed E-state index contributed by atoms with van der Waals surface area (Å²) in [5.41, 5.74) is 3.43. The molecule has 1 aliphatic carbocycles. The van der Waals surface area contributed by atoms with Gasteiger partial charge in [0.1, 0.15) is 5.76 Å². The van der Waals surface area contributed by atoms with E-state index in [1.54, 1.807) is 12.3 Å². The molecule has 0 unspecified atom stereocenters. The topological polar surface area (TPSA) is 62.6 Å². The van der Waals surface area contributed by atoms with Gasteiger partial charge < -0.3 is 14.6 Å². The number of nitrogens with one attached hydrogen (secondary N) is 1. The minimum atomic E-state index is 0.0604. The lowest BCUT2D eigenvalue weighted by molar-refractivity contribution is -0.122. The lowest BCUT2D eigenvalue weighted by Crippen LogP contribution is -2.44. The first-order chi connectivity index (χ1) is 13.9. The summed E-state index contributed by atoms with van der Waals surface area (Å²) < 4.78 is 5.31. The summed E-state index contributed by atoms with van der Waals surface area (Å²) in [6, 6.07) is 10.5. The fraction of sp³-hybridized carbons (Fsp3) is 0.500. The summed E-state index contributed by atoms with van der Waals surface area (Å²) in [4.78, 5) is 27.2. The van der Waals surface area contributed by atoms with E-state index in [4.69, 9.17) is 4.42 Å². The molecule has 1 aromatic carbocycles. The molecule has 0 saturated carbocycles. The van der Waals surface area contributed by atoms with Crippen molar-refractivity contribution in [2.45, 2.75) is 63.8 Å². The predicted octanol–water partition coefficient (Wildman–Crippen LogP) is 4.16. The Hall–Kier alpha value is -2.56. The van der Waals surface area contributed by atoms with Crippen LogP contribution in [0, 0.1) is 6.92 Å². The van der Waals surface area contributed by atoms with Crippen molar-refractivity contribution in [3.8, 4) is 0 Å². The van der Waals surface area contributed by atoms with Crippen LogP contribution in [0.25, 0.3) is 0 Å². The summed E-state index contributed by atoms with van der Waals surface area (Å²) in [7, 11) is 0. The summed E-state index contributed by atoms with van der Waals surface area (Å²) in [6.07, 6.45) is 4.98. The average Bonchev–Trinajstić information content (AvgIpc) is 3.24. The van der Waals surface area contributed by atoms with E-state index in [2.05, 4.69) is 29.6 Å². The lowest BCUT2D eigenvalue weighted by atomic mass is 9.73. The maximum absolute atomic E-state index is 12.9. The number of amides is 2. The summed E-state index contributed by atoms with van der Waals surface area (Å²) in [5.74, 6) is 1.12. The van der Waals surface area contributed by atoms with Gasteiger partial charge in [-0.1, -0.05) is 24.3 Å². The molecule has 1 spiro atoms. The molecule has 2 aliphatic rings. The third kappa shape index (κ3) is 3.70. The zero-order valence-electron chi connectivity index (χ0n) is 17.5. The van der Waals surface area contributed by atoms with Crippen LogP contribution in [0.15, 0.2) is 41.0 Å². The van der Waals surface area contributed by atoms with Gasteiger partial charge >= 0.3 is 0 Å². The minimum Gasteiger partial charge on any atom is -0.469 e. The highest BCUT2D eigenvalue weighted by Gasteiger charge is 2.46. The second kappa shape index (κ2) is 7.69. The van der Waals surface area contributed by atoms with E-state index in [0.29, 0.717) is 17.7 Å². The lowest BCUT2D eigenvalue weighted by Gasteiger charge is -2.40. The minimum absolute atomic E-state index is 0.0604. The van der Waals surface area contributed by atoms with Gasteiger partial charge in [0.2, 0.25) is 5.91 Å². The average molecular weight is 395 g/mol. The highest BCUT2D eigenvalue weighted by Crippen LogP contribution is 2.52. The Morgan fingerprint density at radius 2 is 1.93 bits per heavy atom. The quantitative estimate of drug-likeness (QED) is 0.847. The molecule has 2 aromatic rings. The molecule has 1 saturated heterocycles. The number of nitrogens with zero attached hydrogens (tertiary/aromatic N) is 1. The Kier molecular flexibility index (Phi) is 5.24. The number of likely N-dealkylation sites (tertiary alicyclic amines) is 1. The number of rotatable bonds is 4. The summed E-state index contributed by atoms with van der Waals surface area (Å²) in [5, 5.41) is 3.03. The number of hydrogen-bond acceptors (Lipinski definition) is 3. The molecule has 0 radical (unpaired) electrons. The van der Waals surface area contributed by atoms with Gasteiger partial charge in [-0.25, -0.2) is 0 Å². The second-order valence-electron chi connectivity index (χ2n) is 8.88. The zero-order chi connectivity index (χ0) is 20.6. The zero-order valence-corrected chi connectivity index (χ0v) is 17.5. The fourth-order valence-electron chi connectivity index (χ4n) is 5.20. The summed E-state index contributed by atoms with van der Waals surface area (Å²) >= 11 is 0. The van der Waals surface area contributed by atoms with E-state index in [0.717, 1.165) is 32.4 Å². The highest BCUT2D eigenvalue weighted by molar-refractivity contribution is 5.95. The van der Waals surface area contributed by atoms with Crippen LogP contribution in [-0.4, -0.2) is 35.8 Å². The SMILES string of the molecule is Cc1occc1C(=O)N1CCC2(CC1)C[C@H](CC(=O)NC(C)C)c1ccccc12. The van der Waals surface area contributed by atoms with Gasteiger partial charge in [-0.3, -0.25) is 9.59 Å². The third-order valence-corrected chi connectivity index (χ3v) is 6.59. The first-order valence-electron chi connectivity index (χ1n) is 10.6. The Morgan fingerprint density at radius 3 is 2.59 bits per heavy atom. The van der Waals surface area contributed by atoms with Crippen molar-refractivity contribution in [3.63, 3.8) is 0 Å². The fourth-order valence-corrected chi connectivity index (χ4v) is 5.20. The molecule has 5 nitrogen and oxygen atoms in total. The molecular weight excluding hydrogens is 364 g/mol. The van der Waals surface area contributed by atoms with Crippen LogP contribution in [0.4, 0.5) is 0 Å². The number of piperidine rings is 1. The predicted molar refractivity (Wildman–Crippen MR) is 112 cm³/mol. The molecule has 4 rings (SSSR count). The van der Waals surface area contributed by atoms with Crippen molar-refractivity contribution < 1.29 is 14.0 Å². The molecule has 0 bridgehead atoms. The van der Waals surface area contributed by atoms with Gasteiger partial charge in [-0.15, -0.1) is 0 Å². The van der Waals surface area contributed by atoms with E-state index in [1.807, 2.05) is 25.7 Å². The number of furan rings is 1. The van der Waals surface area contributed by atoms with Crippen molar-refractivity contribution >= 4 is 11.8 Å². The third-order valence-electron chi connectivity index (χ3n) is 6.59. The second-order valence-corrected chi connectivity index (χ2v) is 8.88. The smallest absolute Gasteiger partial charge is 0.257 e. The summed E-state index contributed by atoms with van der Waals surface area (Å²) in [6.45, 7) is 7.30. The van der Waals surface area contributed by atoms with E-state index < -0.39 is 0 Å². The molecule has 29 heavy (non-hydrogen) atoms. The molecule has 1 aromatic heterocycles. The Bertz CT molecular complexity index is 906. The monoisotopic (exact) mass is 394 g/mol. The number of carbonyl (C=O) groups is 2. The van der Waals surface area contributed by atoms with Gasteiger partial charge in [0.05, 0.1) is 11.8 Å². The number of carbonyl (C=O) groups excluding carboxylic acids is 2. The van der Waals surface area contributed by atoms with Gasteiger partial charge in [0.25, 0.3) is 5.91 Å². The highest BCUT2D eigenvalue weighted by atomic mass is 16.3. The maximum atomic E-state index is 12.9. The van der Waals surface area contributed by atoms with Crippen molar-refractivity contribution in [1.82, 2.24) is 10.2 Å². The maximum Gasteiger partial charge on any atom is 0.257 e. The largest absolute Gasteiger partial charge is 0.469 e. The van der Waals surface area contributed by atoms with E-state index in [-0.39, 0.29) is 29.2 Å². The van der Waals surface area contributed by atoms with Crippen LogP contribution in [0.2, 0.25) is 0 Å². The van der Waals surface area contributed by atoms with Gasteiger partial charge in [0.15, 0.2) is 0 Å². The van der Waals surface area contributed by atoms with Crippen molar-refractivity contribution in [2.24, 2.45) is 0 Å². The van der Waals surface area contributed by atoms with Crippen LogP contribution in [0.3, 0.4) is 0 Å². The number of fused-ring (bicyclic) bond motifs is 2. The number of hydrogen-bond donors (Lipinski definition) is 1. The molecule has 1 aliphatic heterocycles. The molecule has 5 heteroatoms. The molecule has 2 heterocycles. The van der Waals surface area contributed by atoms with E-state index in [9.17, 15) is 9.59 Å². The molecule has 1 atom stereocenters. The van der Waals surface area contributed by atoms with E-state index in [1.165, 1.54) is 11.1 Å². The van der Waals surface area contributed by atoms with Crippen LogP contribution >= 0.6 is 0 Å². The molecule has 154 valence electrons. The normalized spacial score (nSPS) is 20.1. The Labute approximate surface area is 172 Å². The standard InChI is InChI=1S/C24H30N2O3/c1-16(2)25-22(27)14-18-15-24(21-7-5-4-6-20(18)21)9-11-26(12-10-24)23(28)19-8-13-29-17(19)3/h4-8,13,16,18H,9-12,14-15H2,1-3H3,(H,25,27)/t18-/m0/s1. The van der Waals surface area contributed by atoms with Gasteiger partial charge in [-0.05, 0) is 68.6 Å². The molecule has 1 N–H and O–H groups in total. The van der Waals surface area contributed by atoms with Crippen LogP contribution in [-0.2, 0) is 10.2 Å². The molecule has 2 amide bonds. The molecule has 1 fully saturated rings. The Morgan fingerprint density at radius 1 is 1.21 bits per heavy atom. The van der Waals surface area contributed by atoms with Crippen LogP contribution in [0.1, 0.15) is 72.7 Å². The van der Waals surface area contributed by atoms with Gasteiger partial charge in [0, 0.05) is 25.6 Å². The van der Waals surface area contributed by atoms with Crippen LogP contribution in [0.5, 0.6) is 0 Å². The Balaban J connectivity index is 1.50. The first-order valence-corrected chi connectivity index (χ1v) is 10.6. The van der Waals surface area contributed by atoms with E-state index >= 15 is 0 Å². The van der Waals surface area contributed by atoms with Crippen LogP contribution < -0.4 is 5.32 Å². The first kappa shape index (κ1) is 19.7. The van der Waals surface area contributed by atoms with Crippen molar-refractivity contribution in [3.05, 3.63) is 59.0 Å². The number of aryl methyl sites for hydroxylation is 1. The molecular formula is C24H30N2O3.